The highest BCUT2D eigenvalue weighted by atomic mass is 16.4. The lowest BCUT2D eigenvalue weighted by atomic mass is 9.98. The molecule has 0 saturated heterocycles. The number of hydrogen-bond acceptors (Lipinski definition) is 9. The van der Waals surface area contributed by atoms with Crippen molar-refractivity contribution in [3.8, 4) is 11.5 Å². The third-order valence-electron chi connectivity index (χ3n) is 7.79. The van der Waals surface area contributed by atoms with Crippen molar-refractivity contribution in [3.63, 3.8) is 0 Å². The summed E-state index contributed by atoms with van der Waals surface area (Å²) in [5, 5.41) is 39.3. The van der Waals surface area contributed by atoms with Crippen LogP contribution in [0.4, 0.5) is 0 Å². The van der Waals surface area contributed by atoms with Gasteiger partial charge < -0.3 is 48.1 Å². The van der Waals surface area contributed by atoms with E-state index in [-0.39, 0.29) is 30.8 Å². The number of amides is 5. The van der Waals surface area contributed by atoms with Gasteiger partial charge in [0.1, 0.15) is 35.7 Å². The van der Waals surface area contributed by atoms with Gasteiger partial charge >= 0.3 is 5.97 Å². The molecular formula is C35H42N6O9. The van der Waals surface area contributed by atoms with E-state index in [0.29, 0.717) is 22.3 Å². The Bertz CT molecular complexity index is 1680. The molecule has 5 amide bonds. The zero-order valence-corrected chi connectivity index (χ0v) is 27.6. The van der Waals surface area contributed by atoms with E-state index in [4.69, 9.17) is 11.5 Å². The fourth-order valence-electron chi connectivity index (χ4n) is 5.21. The lowest BCUT2D eigenvalue weighted by Crippen LogP contribution is -2.59. The average molecular weight is 691 g/mol. The number of carboxylic acid groups (broad SMARTS) is 1. The molecule has 0 saturated carbocycles. The highest BCUT2D eigenvalue weighted by molar-refractivity contribution is 5.96. The van der Waals surface area contributed by atoms with Gasteiger partial charge in [-0.15, -0.1) is 0 Å². The maximum atomic E-state index is 14.0. The molecule has 0 aliphatic rings. The molecule has 3 aromatic rings. The van der Waals surface area contributed by atoms with Crippen LogP contribution in [0.25, 0.3) is 0 Å². The van der Waals surface area contributed by atoms with E-state index < -0.39 is 72.6 Å². The number of carbonyl (C=O) groups is 6. The number of nitrogens with two attached hydrogens (primary N) is 2. The SMILES string of the molecule is Cc1cc(CC(NC(=O)C(Cc2ccc(O)cc2)NC(=O)C(CC(=O)O)NC(=O)CN)C(=O)NC(Cc2ccccc2)C(N)=O)cc(C)c1O. The van der Waals surface area contributed by atoms with E-state index in [1.54, 1.807) is 56.3 Å². The molecule has 4 atom stereocenters. The van der Waals surface area contributed by atoms with E-state index in [2.05, 4.69) is 21.3 Å². The lowest BCUT2D eigenvalue weighted by molar-refractivity contribution is -0.141. The zero-order chi connectivity index (χ0) is 37.0. The summed E-state index contributed by atoms with van der Waals surface area (Å²) < 4.78 is 0. The second-order valence-corrected chi connectivity index (χ2v) is 11.9. The number of benzene rings is 3. The number of rotatable bonds is 17. The molecule has 266 valence electrons. The van der Waals surface area contributed by atoms with Crippen LogP contribution in [0, 0.1) is 13.8 Å². The number of phenolic OH excluding ortho intramolecular Hbond substituents is 2. The summed E-state index contributed by atoms with van der Waals surface area (Å²) in [5.74, 6) is -5.66. The van der Waals surface area contributed by atoms with Crippen molar-refractivity contribution in [2.75, 3.05) is 6.54 Å². The van der Waals surface area contributed by atoms with Gasteiger partial charge in [-0.05, 0) is 53.8 Å². The summed E-state index contributed by atoms with van der Waals surface area (Å²) in [6.45, 7) is 2.82. The summed E-state index contributed by atoms with van der Waals surface area (Å²) in [5.41, 5.74) is 13.8. The molecule has 3 rings (SSSR count). The van der Waals surface area contributed by atoms with Crippen LogP contribution in [0.1, 0.15) is 34.2 Å². The van der Waals surface area contributed by atoms with Gasteiger partial charge in [0.15, 0.2) is 0 Å². The zero-order valence-electron chi connectivity index (χ0n) is 27.6. The van der Waals surface area contributed by atoms with Gasteiger partial charge in [-0.2, -0.15) is 0 Å². The Balaban J connectivity index is 1.97. The van der Waals surface area contributed by atoms with Crippen molar-refractivity contribution >= 4 is 35.5 Å². The number of primary amides is 1. The van der Waals surface area contributed by atoms with E-state index in [0.717, 1.165) is 5.56 Å². The first kappa shape index (κ1) is 38.5. The Morgan fingerprint density at radius 3 is 1.60 bits per heavy atom. The molecular weight excluding hydrogens is 648 g/mol. The topological polar surface area (TPSA) is 263 Å². The number of aromatic hydroxyl groups is 2. The Hall–Kier alpha value is -5.96. The van der Waals surface area contributed by atoms with Crippen molar-refractivity contribution < 1.29 is 44.1 Å². The maximum absolute atomic E-state index is 14.0. The number of aryl methyl sites for hydroxylation is 2. The van der Waals surface area contributed by atoms with Crippen molar-refractivity contribution in [3.05, 3.63) is 94.5 Å². The number of aliphatic carboxylic acids is 1. The fourth-order valence-corrected chi connectivity index (χ4v) is 5.21. The minimum absolute atomic E-state index is 0.0551. The summed E-state index contributed by atoms with van der Waals surface area (Å²) in [6.07, 6.45) is -1.03. The van der Waals surface area contributed by atoms with Gasteiger partial charge in [-0.1, -0.05) is 54.6 Å². The van der Waals surface area contributed by atoms with Crippen molar-refractivity contribution in [1.82, 2.24) is 21.3 Å². The molecule has 0 radical (unpaired) electrons. The number of phenols is 2. The van der Waals surface area contributed by atoms with Crippen LogP contribution >= 0.6 is 0 Å². The third kappa shape index (κ3) is 11.6. The fraction of sp³-hybridized carbons (Fsp3) is 0.314. The third-order valence-corrected chi connectivity index (χ3v) is 7.79. The number of nitrogens with one attached hydrogen (secondary N) is 4. The second kappa shape index (κ2) is 18.0. The second-order valence-electron chi connectivity index (χ2n) is 11.9. The molecule has 11 N–H and O–H groups in total. The quantitative estimate of drug-likeness (QED) is 0.0885. The van der Waals surface area contributed by atoms with Gasteiger partial charge in [0, 0.05) is 19.3 Å². The largest absolute Gasteiger partial charge is 0.508 e. The summed E-state index contributed by atoms with van der Waals surface area (Å²) in [6, 6.07) is 12.3. The number of carboxylic acids is 1. The summed E-state index contributed by atoms with van der Waals surface area (Å²) >= 11 is 0. The molecule has 0 aliphatic heterocycles. The molecule has 15 heteroatoms. The van der Waals surface area contributed by atoms with Crippen LogP contribution < -0.4 is 32.7 Å². The highest BCUT2D eigenvalue weighted by Gasteiger charge is 2.32. The normalized spacial score (nSPS) is 13.2. The van der Waals surface area contributed by atoms with Crippen LogP contribution in [0.5, 0.6) is 11.5 Å². The first-order valence-corrected chi connectivity index (χ1v) is 15.7. The molecule has 0 spiro atoms. The molecule has 4 unspecified atom stereocenters. The number of carbonyl (C=O) groups excluding carboxylic acids is 5. The summed E-state index contributed by atoms with van der Waals surface area (Å²) in [7, 11) is 0. The molecule has 0 fully saturated rings. The van der Waals surface area contributed by atoms with Gasteiger partial charge in [0.05, 0.1) is 13.0 Å². The summed E-state index contributed by atoms with van der Waals surface area (Å²) in [4.78, 5) is 76.9. The van der Waals surface area contributed by atoms with Gasteiger partial charge in [-0.3, -0.25) is 28.8 Å². The standard InChI is InChI=1S/C35H42N6O9/c1-19-12-23(13-20(2)31(19)46)16-27(33(48)39-25(32(37)47)14-21-6-4-3-5-7-21)41-34(49)26(15-22-8-10-24(42)11-9-22)40-35(50)28(17-30(44)45)38-29(43)18-36/h3-13,25-28,42,46H,14-18,36H2,1-2H3,(H2,37,47)(H,38,43)(H,39,48)(H,40,50)(H,41,49)(H,44,45). The molecule has 3 aromatic carbocycles. The molecule has 0 aliphatic carbocycles. The van der Waals surface area contributed by atoms with E-state index in [1.807, 2.05) is 0 Å². The van der Waals surface area contributed by atoms with Crippen LogP contribution in [-0.4, -0.2) is 81.5 Å². The van der Waals surface area contributed by atoms with Gasteiger partial charge in [-0.25, -0.2) is 0 Å². The monoisotopic (exact) mass is 690 g/mol. The van der Waals surface area contributed by atoms with Crippen LogP contribution in [0.3, 0.4) is 0 Å². The maximum Gasteiger partial charge on any atom is 0.305 e. The van der Waals surface area contributed by atoms with Crippen LogP contribution in [-0.2, 0) is 48.0 Å². The minimum Gasteiger partial charge on any atom is -0.508 e. The minimum atomic E-state index is -1.59. The molecule has 0 heterocycles. The van der Waals surface area contributed by atoms with Crippen molar-refractivity contribution in [2.45, 2.75) is 63.7 Å². The Kier molecular flexibility index (Phi) is 13.8. The predicted molar refractivity (Wildman–Crippen MR) is 181 cm³/mol. The van der Waals surface area contributed by atoms with Gasteiger partial charge in [0.2, 0.25) is 29.5 Å². The Morgan fingerprint density at radius 2 is 1.10 bits per heavy atom. The molecule has 15 nitrogen and oxygen atoms in total. The van der Waals surface area contributed by atoms with E-state index in [9.17, 15) is 44.1 Å². The van der Waals surface area contributed by atoms with E-state index >= 15 is 0 Å². The van der Waals surface area contributed by atoms with Gasteiger partial charge in [0.25, 0.3) is 0 Å². The molecule has 0 bridgehead atoms. The van der Waals surface area contributed by atoms with Crippen molar-refractivity contribution in [1.29, 1.82) is 0 Å². The Labute approximate surface area is 288 Å². The lowest BCUT2D eigenvalue weighted by Gasteiger charge is -2.26. The molecule has 0 aromatic heterocycles. The Morgan fingerprint density at radius 1 is 0.640 bits per heavy atom. The molecule has 50 heavy (non-hydrogen) atoms. The average Bonchev–Trinajstić information content (AvgIpc) is 3.06. The number of hydrogen-bond donors (Lipinski definition) is 9. The van der Waals surface area contributed by atoms with Crippen LogP contribution in [0.2, 0.25) is 0 Å². The first-order valence-electron chi connectivity index (χ1n) is 15.7. The highest BCUT2D eigenvalue weighted by Crippen LogP contribution is 2.24. The van der Waals surface area contributed by atoms with Crippen molar-refractivity contribution in [2.24, 2.45) is 11.5 Å². The predicted octanol–water partition coefficient (Wildman–Crippen LogP) is -0.400. The van der Waals surface area contributed by atoms with Crippen LogP contribution in [0.15, 0.2) is 66.7 Å². The van der Waals surface area contributed by atoms with E-state index in [1.165, 1.54) is 24.3 Å². The smallest absolute Gasteiger partial charge is 0.305 e. The first-order chi connectivity index (χ1) is 23.7.